The van der Waals surface area contributed by atoms with Crippen LogP contribution in [0.1, 0.15) is 55.4 Å². The summed E-state index contributed by atoms with van der Waals surface area (Å²) in [4.78, 5) is -0.195. The first-order valence-corrected chi connectivity index (χ1v) is 6.58. The van der Waals surface area contributed by atoms with Crippen LogP contribution in [0.5, 0.6) is 0 Å². The molecule has 0 unspecified atom stereocenters. The maximum atomic E-state index is 6.51. The van der Waals surface area contributed by atoms with Crippen LogP contribution in [-0.2, 0) is 0 Å². The van der Waals surface area contributed by atoms with Crippen LogP contribution in [0.3, 0.4) is 0 Å². The smallest absolute Gasteiger partial charge is 0.0447 e. The van der Waals surface area contributed by atoms with Crippen molar-refractivity contribution in [2.24, 2.45) is 10.8 Å². The molecule has 0 saturated carbocycles. The Morgan fingerprint density at radius 3 is 1.07 bits per heavy atom. The van der Waals surface area contributed by atoms with Crippen LogP contribution in [0.15, 0.2) is 0 Å². The highest BCUT2D eigenvalue weighted by Gasteiger charge is 2.53. The predicted molar refractivity (Wildman–Crippen MR) is 75.6 cm³/mol. The third kappa shape index (κ3) is 2.40. The van der Waals surface area contributed by atoms with Gasteiger partial charge in [-0.05, 0) is 24.7 Å². The van der Waals surface area contributed by atoms with Gasteiger partial charge >= 0.3 is 0 Å². The molecule has 0 nitrogen and oxygen atoms in total. The summed E-state index contributed by atoms with van der Waals surface area (Å²) in [5.74, 6) is 0. The molecule has 0 aromatic rings. The summed E-state index contributed by atoms with van der Waals surface area (Å²) < 4.78 is 0.223. The number of hydrogen-bond donors (Lipinski definition) is 0. The van der Waals surface area contributed by atoms with Crippen LogP contribution < -0.4 is 0 Å². The fraction of sp³-hybridized carbons (Fsp3) is 1.00. The number of rotatable bonds is 3. The van der Waals surface area contributed by atoms with Crippen molar-refractivity contribution >= 4 is 34.2 Å². The Hall–Kier alpha value is 1.02. The van der Waals surface area contributed by atoms with Crippen LogP contribution in [0, 0.1) is 10.8 Å². The van der Waals surface area contributed by atoms with Gasteiger partial charge in [-0.3, -0.25) is 0 Å². The van der Waals surface area contributed by atoms with Crippen molar-refractivity contribution in [3.63, 3.8) is 0 Å². The number of hydrogen-bond acceptors (Lipinski definition) is 0. The first-order chi connectivity index (χ1) is 5.75. The standard InChI is InChI=1S/C12H24ClI/c1-9(2,11(5,6)13)10(3,4)12(7,8)14/h1-8H3. The van der Waals surface area contributed by atoms with Crippen LogP contribution in [0.25, 0.3) is 0 Å². The van der Waals surface area contributed by atoms with Gasteiger partial charge < -0.3 is 0 Å². The molecule has 14 heavy (non-hydrogen) atoms. The van der Waals surface area contributed by atoms with Crippen LogP contribution >= 0.6 is 34.2 Å². The predicted octanol–water partition coefficient (Wildman–Crippen LogP) is 5.27. The lowest BCUT2D eigenvalue weighted by atomic mass is 9.57. The van der Waals surface area contributed by atoms with Gasteiger partial charge in [-0.2, -0.15) is 0 Å². The van der Waals surface area contributed by atoms with E-state index in [4.69, 9.17) is 11.6 Å². The largest absolute Gasteiger partial charge is 0.119 e. The van der Waals surface area contributed by atoms with Gasteiger partial charge in [-0.25, -0.2) is 0 Å². The molecule has 0 spiro atoms. The Morgan fingerprint density at radius 2 is 1.00 bits per heavy atom. The van der Waals surface area contributed by atoms with Crippen molar-refractivity contribution < 1.29 is 0 Å². The maximum Gasteiger partial charge on any atom is 0.0447 e. The van der Waals surface area contributed by atoms with Crippen molar-refractivity contribution in [1.29, 1.82) is 0 Å². The molecular weight excluding hydrogens is 306 g/mol. The van der Waals surface area contributed by atoms with Crippen molar-refractivity contribution in [3.8, 4) is 0 Å². The van der Waals surface area contributed by atoms with Gasteiger partial charge in [-0.1, -0.05) is 64.1 Å². The normalized spacial score (nSPS) is 15.9. The summed E-state index contributed by atoms with van der Waals surface area (Å²) in [6, 6.07) is 0. The Labute approximate surface area is 108 Å². The molecule has 0 heterocycles. The molecule has 0 aliphatic carbocycles. The first kappa shape index (κ1) is 15.0. The van der Waals surface area contributed by atoms with E-state index < -0.39 is 0 Å². The average molecular weight is 331 g/mol. The second kappa shape index (κ2) is 3.80. The molecule has 0 amide bonds. The van der Waals surface area contributed by atoms with Gasteiger partial charge in [0.25, 0.3) is 0 Å². The van der Waals surface area contributed by atoms with Crippen molar-refractivity contribution in [1.82, 2.24) is 0 Å². The molecule has 86 valence electrons. The van der Waals surface area contributed by atoms with Gasteiger partial charge in [0.1, 0.15) is 0 Å². The van der Waals surface area contributed by atoms with Gasteiger partial charge in [-0.15, -0.1) is 11.6 Å². The van der Waals surface area contributed by atoms with Crippen LogP contribution in [0.4, 0.5) is 0 Å². The third-order valence-electron chi connectivity index (χ3n) is 4.53. The van der Waals surface area contributed by atoms with Gasteiger partial charge in [0.05, 0.1) is 0 Å². The first-order valence-electron chi connectivity index (χ1n) is 5.13. The van der Waals surface area contributed by atoms with Gasteiger partial charge in [0, 0.05) is 8.30 Å². The highest BCUT2D eigenvalue weighted by Crippen LogP contribution is 2.57. The molecular formula is C12H24ClI. The summed E-state index contributed by atoms with van der Waals surface area (Å²) in [6.07, 6.45) is 0. The molecule has 0 atom stereocenters. The van der Waals surface area contributed by atoms with E-state index >= 15 is 0 Å². The average Bonchev–Trinajstić information content (AvgIpc) is 1.81. The topological polar surface area (TPSA) is 0 Å². The van der Waals surface area contributed by atoms with Crippen molar-refractivity contribution in [3.05, 3.63) is 0 Å². The Balaban J connectivity index is 5.30. The molecule has 0 aromatic heterocycles. The number of halogens is 2. The molecule has 2 heteroatoms. The molecule has 0 bridgehead atoms. The van der Waals surface area contributed by atoms with Gasteiger partial charge in [0.15, 0.2) is 0 Å². The molecule has 0 aliphatic heterocycles. The zero-order chi connectivity index (χ0) is 12.0. The maximum absolute atomic E-state index is 6.51. The molecule has 0 fully saturated rings. The number of alkyl halides is 2. The minimum absolute atomic E-state index is 0.0756. The van der Waals surface area contributed by atoms with Crippen LogP contribution in [0.2, 0.25) is 0 Å². The lowest BCUT2D eigenvalue weighted by Crippen LogP contribution is -2.53. The summed E-state index contributed by atoms with van der Waals surface area (Å²) >= 11 is 9.04. The summed E-state index contributed by atoms with van der Waals surface area (Å²) in [5.41, 5.74) is 0.248. The van der Waals surface area contributed by atoms with E-state index in [9.17, 15) is 0 Å². The van der Waals surface area contributed by atoms with E-state index in [2.05, 4.69) is 78.0 Å². The fourth-order valence-electron chi connectivity index (χ4n) is 1.49. The highest BCUT2D eigenvalue weighted by atomic mass is 127. The fourth-order valence-corrected chi connectivity index (χ4v) is 2.40. The Kier molecular flexibility index (Phi) is 4.07. The molecule has 0 saturated heterocycles. The summed E-state index contributed by atoms with van der Waals surface area (Å²) in [5, 5.41) is 0. The zero-order valence-electron chi connectivity index (χ0n) is 10.8. The van der Waals surface area contributed by atoms with E-state index in [1.54, 1.807) is 0 Å². The minimum Gasteiger partial charge on any atom is -0.119 e. The van der Waals surface area contributed by atoms with Crippen molar-refractivity contribution in [2.75, 3.05) is 0 Å². The molecule has 0 rings (SSSR count). The van der Waals surface area contributed by atoms with Crippen LogP contribution in [-0.4, -0.2) is 8.30 Å². The lowest BCUT2D eigenvalue weighted by molar-refractivity contribution is 0.0479. The second-order valence-electron chi connectivity index (χ2n) is 6.19. The quantitative estimate of drug-likeness (QED) is 0.488. The van der Waals surface area contributed by atoms with Gasteiger partial charge in [0.2, 0.25) is 0 Å². The van der Waals surface area contributed by atoms with E-state index in [-0.39, 0.29) is 19.1 Å². The molecule has 0 radical (unpaired) electrons. The van der Waals surface area contributed by atoms with E-state index in [0.29, 0.717) is 0 Å². The monoisotopic (exact) mass is 330 g/mol. The second-order valence-corrected chi connectivity index (χ2v) is 9.84. The third-order valence-corrected chi connectivity index (χ3v) is 6.36. The van der Waals surface area contributed by atoms with E-state index in [1.807, 2.05) is 0 Å². The zero-order valence-corrected chi connectivity index (χ0v) is 13.7. The molecule has 0 aromatic carbocycles. The Bertz CT molecular complexity index is 179. The lowest BCUT2D eigenvalue weighted by Gasteiger charge is -2.54. The Morgan fingerprint density at radius 1 is 0.714 bits per heavy atom. The van der Waals surface area contributed by atoms with Crippen molar-refractivity contribution in [2.45, 2.75) is 63.7 Å². The summed E-state index contributed by atoms with van der Waals surface area (Å²) in [7, 11) is 0. The minimum atomic E-state index is -0.195. The SMILES string of the molecule is CC(C)(Cl)C(C)(C)C(C)(C)C(C)(C)I. The van der Waals surface area contributed by atoms with E-state index in [1.165, 1.54) is 0 Å². The molecule has 0 aliphatic rings. The molecule has 0 N–H and O–H groups in total. The highest BCUT2D eigenvalue weighted by molar-refractivity contribution is 14.1. The van der Waals surface area contributed by atoms with E-state index in [0.717, 1.165) is 0 Å². The summed E-state index contributed by atoms with van der Waals surface area (Å²) in [6.45, 7) is 17.9.